The topological polar surface area (TPSA) is 88.3 Å². The molecule has 0 aliphatic heterocycles. The Balaban J connectivity index is 2.29. The minimum absolute atomic E-state index is 0.145. The highest BCUT2D eigenvalue weighted by molar-refractivity contribution is 6.05. The second-order valence-corrected chi connectivity index (χ2v) is 5.77. The SMILES string of the molecule is COC(=O)c1cc(C(=O)Nc2ccc(C(C)C)cc2)c(=O)[nH]c1C. The van der Waals surface area contributed by atoms with E-state index in [1.54, 1.807) is 19.1 Å². The summed E-state index contributed by atoms with van der Waals surface area (Å²) in [4.78, 5) is 38.6. The molecule has 0 aliphatic carbocycles. The van der Waals surface area contributed by atoms with Gasteiger partial charge in [0, 0.05) is 11.4 Å². The van der Waals surface area contributed by atoms with Crippen LogP contribution < -0.4 is 10.9 Å². The highest BCUT2D eigenvalue weighted by Crippen LogP contribution is 2.17. The average Bonchev–Trinajstić information content (AvgIpc) is 2.54. The number of hydrogen-bond acceptors (Lipinski definition) is 4. The summed E-state index contributed by atoms with van der Waals surface area (Å²) < 4.78 is 4.65. The molecule has 0 saturated carbocycles. The first-order chi connectivity index (χ1) is 11.3. The molecule has 1 amide bonds. The number of nitrogens with one attached hydrogen (secondary N) is 2. The maximum Gasteiger partial charge on any atom is 0.339 e. The summed E-state index contributed by atoms with van der Waals surface area (Å²) in [6.45, 7) is 5.72. The first-order valence-electron chi connectivity index (χ1n) is 7.57. The predicted molar refractivity (Wildman–Crippen MR) is 91.6 cm³/mol. The fourth-order valence-corrected chi connectivity index (χ4v) is 2.26. The summed E-state index contributed by atoms with van der Waals surface area (Å²) in [7, 11) is 1.24. The van der Waals surface area contributed by atoms with E-state index in [-0.39, 0.29) is 11.1 Å². The highest BCUT2D eigenvalue weighted by atomic mass is 16.5. The molecule has 6 nitrogen and oxygen atoms in total. The number of methoxy groups -OCH3 is 1. The van der Waals surface area contributed by atoms with Gasteiger partial charge in [0.1, 0.15) is 5.56 Å². The van der Waals surface area contributed by atoms with Crippen LogP contribution in [0.3, 0.4) is 0 Å². The lowest BCUT2D eigenvalue weighted by Gasteiger charge is -2.09. The largest absolute Gasteiger partial charge is 0.465 e. The molecule has 0 radical (unpaired) electrons. The van der Waals surface area contributed by atoms with E-state index in [9.17, 15) is 14.4 Å². The van der Waals surface area contributed by atoms with E-state index in [1.165, 1.54) is 13.2 Å². The number of pyridine rings is 1. The number of aromatic nitrogens is 1. The molecule has 6 heteroatoms. The summed E-state index contributed by atoms with van der Waals surface area (Å²) in [5, 5.41) is 2.66. The Morgan fingerprint density at radius 3 is 2.29 bits per heavy atom. The number of carbonyl (C=O) groups is 2. The Kier molecular flexibility index (Phi) is 5.18. The number of anilines is 1. The Hall–Kier alpha value is -2.89. The number of amides is 1. The van der Waals surface area contributed by atoms with Gasteiger partial charge in [0.05, 0.1) is 12.7 Å². The molecular weight excluding hydrogens is 308 g/mol. The lowest BCUT2D eigenvalue weighted by Crippen LogP contribution is -2.25. The number of H-pyrrole nitrogens is 1. The van der Waals surface area contributed by atoms with Crippen LogP contribution in [0.2, 0.25) is 0 Å². The molecule has 2 N–H and O–H groups in total. The van der Waals surface area contributed by atoms with Crippen LogP contribution in [-0.4, -0.2) is 24.0 Å². The van der Waals surface area contributed by atoms with E-state index >= 15 is 0 Å². The zero-order valence-electron chi connectivity index (χ0n) is 14.1. The van der Waals surface area contributed by atoms with Gasteiger partial charge in [-0.1, -0.05) is 26.0 Å². The maximum absolute atomic E-state index is 12.3. The molecule has 0 saturated heterocycles. The van der Waals surface area contributed by atoms with Gasteiger partial charge >= 0.3 is 5.97 Å². The van der Waals surface area contributed by atoms with Crippen LogP contribution in [-0.2, 0) is 4.74 Å². The zero-order valence-corrected chi connectivity index (χ0v) is 14.1. The molecule has 2 rings (SSSR count). The number of rotatable bonds is 4. The molecule has 0 atom stereocenters. The molecule has 126 valence electrons. The van der Waals surface area contributed by atoms with E-state index in [1.807, 2.05) is 12.1 Å². The van der Waals surface area contributed by atoms with Gasteiger partial charge < -0.3 is 15.0 Å². The molecular formula is C18H20N2O4. The van der Waals surface area contributed by atoms with Crippen molar-refractivity contribution in [3.63, 3.8) is 0 Å². The summed E-state index contributed by atoms with van der Waals surface area (Å²) in [5.74, 6) is -0.810. The van der Waals surface area contributed by atoms with Gasteiger partial charge in [0.25, 0.3) is 11.5 Å². The predicted octanol–water partition coefficient (Wildman–Crippen LogP) is 2.85. The smallest absolute Gasteiger partial charge is 0.339 e. The molecule has 0 spiro atoms. The fraction of sp³-hybridized carbons (Fsp3) is 0.278. The number of aromatic amines is 1. The van der Waals surface area contributed by atoms with E-state index in [0.29, 0.717) is 17.3 Å². The van der Waals surface area contributed by atoms with Crippen LogP contribution in [0.25, 0.3) is 0 Å². The summed E-state index contributed by atoms with van der Waals surface area (Å²) in [6.07, 6.45) is 0. The summed E-state index contributed by atoms with van der Waals surface area (Å²) >= 11 is 0. The van der Waals surface area contributed by atoms with Crippen LogP contribution in [0, 0.1) is 6.92 Å². The van der Waals surface area contributed by atoms with Crippen molar-refractivity contribution < 1.29 is 14.3 Å². The quantitative estimate of drug-likeness (QED) is 0.845. The molecule has 1 heterocycles. The highest BCUT2D eigenvalue weighted by Gasteiger charge is 2.18. The van der Waals surface area contributed by atoms with E-state index in [2.05, 4.69) is 28.9 Å². The number of ether oxygens (including phenoxy) is 1. The van der Waals surface area contributed by atoms with Gasteiger partial charge in [-0.15, -0.1) is 0 Å². The Morgan fingerprint density at radius 1 is 1.12 bits per heavy atom. The van der Waals surface area contributed by atoms with E-state index in [4.69, 9.17) is 0 Å². The van der Waals surface area contributed by atoms with Crippen LogP contribution >= 0.6 is 0 Å². The third-order valence-electron chi connectivity index (χ3n) is 3.72. The Morgan fingerprint density at radius 2 is 1.75 bits per heavy atom. The monoisotopic (exact) mass is 328 g/mol. The first kappa shape index (κ1) is 17.5. The molecule has 24 heavy (non-hydrogen) atoms. The minimum atomic E-state index is -0.612. The van der Waals surface area contributed by atoms with Gasteiger partial charge in [-0.3, -0.25) is 9.59 Å². The number of hydrogen-bond donors (Lipinski definition) is 2. The number of benzene rings is 1. The molecule has 1 aromatic carbocycles. The second kappa shape index (κ2) is 7.12. The molecule has 0 fully saturated rings. The molecule has 0 aliphatic rings. The third-order valence-corrected chi connectivity index (χ3v) is 3.72. The van der Waals surface area contributed by atoms with Crippen LogP contribution in [0.5, 0.6) is 0 Å². The molecule has 2 aromatic rings. The second-order valence-electron chi connectivity index (χ2n) is 5.77. The lowest BCUT2D eigenvalue weighted by molar-refractivity contribution is 0.0599. The average molecular weight is 328 g/mol. The van der Waals surface area contributed by atoms with Gasteiger partial charge in [-0.05, 0) is 36.6 Å². The van der Waals surface area contributed by atoms with E-state index in [0.717, 1.165) is 5.56 Å². The van der Waals surface area contributed by atoms with Crippen molar-refractivity contribution in [1.29, 1.82) is 0 Å². The van der Waals surface area contributed by atoms with E-state index < -0.39 is 17.4 Å². The summed E-state index contributed by atoms with van der Waals surface area (Å²) in [6, 6.07) is 8.63. The third kappa shape index (κ3) is 3.71. The van der Waals surface area contributed by atoms with Crippen molar-refractivity contribution in [1.82, 2.24) is 4.98 Å². The molecule has 1 aromatic heterocycles. The molecule has 0 bridgehead atoms. The van der Waals surface area contributed by atoms with Gasteiger partial charge in [-0.2, -0.15) is 0 Å². The van der Waals surface area contributed by atoms with Crippen molar-refractivity contribution in [2.75, 3.05) is 12.4 Å². The van der Waals surface area contributed by atoms with Crippen molar-refractivity contribution >= 4 is 17.6 Å². The van der Waals surface area contributed by atoms with Crippen molar-refractivity contribution in [3.05, 3.63) is 63.1 Å². The normalized spacial score (nSPS) is 10.5. The Labute approximate surface area is 139 Å². The minimum Gasteiger partial charge on any atom is -0.465 e. The van der Waals surface area contributed by atoms with Crippen molar-refractivity contribution in [3.8, 4) is 0 Å². The summed E-state index contributed by atoms with van der Waals surface area (Å²) in [5.41, 5.74) is 1.52. The maximum atomic E-state index is 12.3. The van der Waals surface area contributed by atoms with Crippen LogP contribution in [0.1, 0.15) is 51.7 Å². The van der Waals surface area contributed by atoms with Gasteiger partial charge in [0.15, 0.2) is 0 Å². The number of esters is 1. The van der Waals surface area contributed by atoms with Crippen LogP contribution in [0.15, 0.2) is 35.1 Å². The number of aryl methyl sites for hydroxylation is 1. The lowest BCUT2D eigenvalue weighted by atomic mass is 10.0. The van der Waals surface area contributed by atoms with Crippen molar-refractivity contribution in [2.24, 2.45) is 0 Å². The fourth-order valence-electron chi connectivity index (χ4n) is 2.26. The zero-order chi connectivity index (χ0) is 17.9. The Bertz CT molecular complexity index is 820. The van der Waals surface area contributed by atoms with Crippen molar-refractivity contribution in [2.45, 2.75) is 26.7 Å². The standard InChI is InChI=1S/C18H20N2O4/c1-10(2)12-5-7-13(8-6-12)20-17(22)15-9-14(18(23)24-4)11(3)19-16(15)21/h5-10H,1-4H3,(H,19,21)(H,20,22). The molecule has 0 unspecified atom stereocenters. The van der Waals surface area contributed by atoms with Gasteiger partial charge in [-0.25, -0.2) is 4.79 Å². The first-order valence-corrected chi connectivity index (χ1v) is 7.57. The number of carbonyl (C=O) groups excluding carboxylic acids is 2. The van der Waals surface area contributed by atoms with Gasteiger partial charge in [0.2, 0.25) is 0 Å². The van der Waals surface area contributed by atoms with Crippen LogP contribution in [0.4, 0.5) is 5.69 Å².